The average Bonchev–Trinajstić information content (AvgIpc) is 2.49. The van der Waals surface area contributed by atoms with Gasteiger partial charge in [-0.3, -0.25) is 15.1 Å². The highest BCUT2D eigenvalue weighted by Gasteiger charge is 2.35. The third kappa shape index (κ3) is 4.24. The Morgan fingerprint density at radius 1 is 1.38 bits per heavy atom. The summed E-state index contributed by atoms with van der Waals surface area (Å²) in [7, 11) is 1.17. The number of carbonyl (C=O) groups excluding carboxylic acids is 1. The van der Waals surface area contributed by atoms with Crippen LogP contribution in [0.5, 0.6) is 0 Å². The van der Waals surface area contributed by atoms with Crippen LogP contribution in [0, 0.1) is 10.1 Å². The van der Waals surface area contributed by atoms with Crippen LogP contribution in [-0.4, -0.2) is 44.3 Å². The number of methoxy groups -OCH3 is 1. The number of esters is 1. The lowest BCUT2D eigenvalue weighted by Crippen LogP contribution is -2.55. The van der Waals surface area contributed by atoms with E-state index in [9.17, 15) is 24.8 Å². The highest BCUT2D eigenvalue weighted by atomic mass is 127. The second-order valence-electron chi connectivity index (χ2n) is 5.74. The molecule has 132 valence electrons. The van der Waals surface area contributed by atoms with E-state index in [1.54, 1.807) is 20.8 Å². The predicted octanol–water partition coefficient (Wildman–Crippen LogP) is 3.27. The van der Waals surface area contributed by atoms with Gasteiger partial charge in [0.05, 0.1) is 27.7 Å². The number of alkyl halides is 1. The Labute approximate surface area is 152 Å². The van der Waals surface area contributed by atoms with Crippen LogP contribution >= 0.6 is 22.6 Å². The van der Waals surface area contributed by atoms with Gasteiger partial charge in [0.2, 0.25) is 0 Å². The van der Waals surface area contributed by atoms with Crippen LogP contribution in [0.2, 0.25) is 0 Å². The lowest BCUT2D eigenvalue weighted by Gasteiger charge is -2.42. The first-order chi connectivity index (χ1) is 11.0. The van der Waals surface area contributed by atoms with E-state index in [0.717, 1.165) is 11.1 Å². The van der Waals surface area contributed by atoms with Crippen molar-refractivity contribution in [1.29, 1.82) is 0 Å². The number of hydrogen-bond acceptors (Lipinski definition) is 6. The summed E-state index contributed by atoms with van der Waals surface area (Å²) in [6, 6.07) is 3.78. The molecule has 0 saturated carbocycles. The number of nitrogens with zero attached hydrogens (tertiary/aromatic N) is 3. The number of ether oxygens (including phenoxy) is 1. The average molecular weight is 451 g/mol. The van der Waals surface area contributed by atoms with E-state index in [2.05, 4.69) is 4.74 Å². The van der Waals surface area contributed by atoms with Crippen molar-refractivity contribution in [2.75, 3.05) is 16.7 Å². The topological polar surface area (TPSA) is 113 Å². The van der Waals surface area contributed by atoms with E-state index in [0.29, 0.717) is 0 Å². The summed E-state index contributed by atoms with van der Waals surface area (Å²) in [6.45, 7) is 5.19. The van der Waals surface area contributed by atoms with Crippen molar-refractivity contribution >= 4 is 46.0 Å². The van der Waals surface area contributed by atoms with Gasteiger partial charge in [-0.25, -0.2) is 14.6 Å². The van der Waals surface area contributed by atoms with Gasteiger partial charge < -0.3 is 9.84 Å². The Bertz CT molecular complexity index is 658. The van der Waals surface area contributed by atoms with Crippen LogP contribution in [-0.2, 0) is 4.74 Å². The molecule has 0 unspecified atom stereocenters. The van der Waals surface area contributed by atoms with Gasteiger partial charge in [0.15, 0.2) is 0 Å². The predicted molar refractivity (Wildman–Crippen MR) is 95.4 cm³/mol. The Morgan fingerprint density at radius 2 is 1.96 bits per heavy atom. The molecular formula is C14H18IN3O6. The zero-order valence-corrected chi connectivity index (χ0v) is 15.8. The lowest BCUT2D eigenvalue weighted by atomic mass is 10.1. The highest BCUT2D eigenvalue weighted by molar-refractivity contribution is 14.1. The number of carbonyl (C=O) groups is 2. The molecule has 0 fully saturated rings. The second-order valence-corrected chi connectivity index (χ2v) is 6.42. The number of nitro benzene ring substituents is 1. The molecule has 9 nitrogen and oxygen atoms in total. The molecule has 0 aliphatic rings. The Morgan fingerprint density at radius 3 is 2.33 bits per heavy atom. The minimum Gasteiger partial charge on any atom is -0.465 e. The fourth-order valence-electron chi connectivity index (χ4n) is 2.14. The molecule has 0 aliphatic heterocycles. The Kier molecular flexibility index (Phi) is 6.35. The number of anilines is 1. The molecule has 1 aromatic rings. The van der Waals surface area contributed by atoms with Gasteiger partial charge in [-0.15, -0.1) is 0 Å². The van der Waals surface area contributed by atoms with Gasteiger partial charge >= 0.3 is 12.1 Å². The molecular weight excluding hydrogens is 433 g/mol. The number of benzene rings is 1. The summed E-state index contributed by atoms with van der Waals surface area (Å²) < 4.78 is 4.63. The first kappa shape index (κ1) is 19.9. The number of nitro groups is 1. The summed E-state index contributed by atoms with van der Waals surface area (Å²) in [5, 5.41) is 23.2. The van der Waals surface area contributed by atoms with Crippen molar-refractivity contribution in [2.24, 2.45) is 0 Å². The summed E-state index contributed by atoms with van der Waals surface area (Å²) in [6.07, 6.45) is -1.24. The standard InChI is InChI=1S/C14H18IN3O6/c1-14(2,3)17(16(8-15)13(20)21)10-6-5-9(12(19)24-4)7-11(10)18(22)23/h5-7H,8H2,1-4H3,(H,20,21). The number of hydrazine groups is 1. The van der Waals surface area contributed by atoms with Crippen molar-refractivity contribution in [2.45, 2.75) is 26.3 Å². The molecule has 0 aromatic heterocycles. The lowest BCUT2D eigenvalue weighted by molar-refractivity contribution is -0.384. The third-order valence-corrected chi connectivity index (χ3v) is 3.68. The number of carboxylic acid groups (broad SMARTS) is 1. The van der Waals surface area contributed by atoms with Crippen molar-refractivity contribution < 1.29 is 24.4 Å². The van der Waals surface area contributed by atoms with E-state index in [1.807, 2.05) is 22.6 Å². The first-order valence-corrected chi connectivity index (χ1v) is 8.30. The smallest absolute Gasteiger partial charge is 0.427 e. The molecule has 0 radical (unpaired) electrons. The molecule has 0 saturated heterocycles. The largest absolute Gasteiger partial charge is 0.465 e. The van der Waals surface area contributed by atoms with Crippen LogP contribution < -0.4 is 5.01 Å². The fourth-order valence-corrected chi connectivity index (χ4v) is 2.73. The quantitative estimate of drug-likeness (QED) is 0.183. The number of hydrogen-bond donors (Lipinski definition) is 1. The SMILES string of the molecule is COC(=O)c1ccc(N(N(CI)C(=O)O)C(C)(C)C)c([N+](=O)[O-])c1. The van der Waals surface area contributed by atoms with Gasteiger partial charge in [-0.05, 0) is 32.9 Å². The van der Waals surface area contributed by atoms with Crippen LogP contribution in [0.15, 0.2) is 18.2 Å². The van der Waals surface area contributed by atoms with Crippen molar-refractivity contribution in [3.63, 3.8) is 0 Å². The molecule has 0 atom stereocenters. The van der Waals surface area contributed by atoms with Gasteiger partial charge in [0.25, 0.3) is 5.69 Å². The van der Waals surface area contributed by atoms with Crippen molar-refractivity contribution in [3.8, 4) is 0 Å². The molecule has 1 aromatic carbocycles. The fraction of sp³-hybridized carbons (Fsp3) is 0.429. The number of rotatable bonds is 5. The van der Waals surface area contributed by atoms with Crippen LogP contribution in [0.25, 0.3) is 0 Å². The number of amides is 1. The maximum Gasteiger partial charge on any atom is 0.427 e. The molecule has 0 heterocycles. The molecule has 0 aliphatic carbocycles. The van der Waals surface area contributed by atoms with Gasteiger partial charge in [-0.2, -0.15) is 0 Å². The molecule has 0 spiro atoms. The monoisotopic (exact) mass is 451 g/mol. The van der Waals surface area contributed by atoms with Crippen molar-refractivity contribution in [3.05, 3.63) is 33.9 Å². The summed E-state index contributed by atoms with van der Waals surface area (Å²) in [5.74, 6) is -0.712. The van der Waals surface area contributed by atoms with Gasteiger partial charge in [0, 0.05) is 6.07 Å². The van der Waals surface area contributed by atoms with Crippen LogP contribution in [0.3, 0.4) is 0 Å². The third-order valence-electron chi connectivity index (χ3n) is 3.03. The summed E-state index contributed by atoms with van der Waals surface area (Å²) >= 11 is 1.86. The zero-order chi connectivity index (χ0) is 18.7. The van der Waals surface area contributed by atoms with E-state index in [4.69, 9.17) is 0 Å². The van der Waals surface area contributed by atoms with Crippen LogP contribution in [0.4, 0.5) is 16.2 Å². The van der Waals surface area contributed by atoms with E-state index >= 15 is 0 Å². The maximum absolute atomic E-state index is 11.6. The Balaban J connectivity index is 3.61. The molecule has 1 amide bonds. The molecule has 24 heavy (non-hydrogen) atoms. The number of halogens is 1. The zero-order valence-electron chi connectivity index (χ0n) is 13.6. The first-order valence-electron chi connectivity index (χ1n) is 6.78. The second kappa shape index (κ2) is 7.64. The molecule has 0 bridgehead atoms. The Hall–Kier alpha value is -2.11. The van der Waals surface area contributed by atoms with Crippen molar-refractivity contribution in [1.82, 2.24) is 5.01 Å². The highest BCUT2D eigenvalue weighted by Crippen LogP contribution is 2.35. The van der Waals surface area contributed by atoms with E-state index < -0.39 is 22.5 Å². The minimum absolute atomic E-state index is 0.0122. The van der Waals surface area contributed by atoms with E-state index in [1.165, 1.54) is 24.3 Å². The summed E-state index contributed by atoms with van der Waals surface area (Å²) in [4.78, 5) is 33.9. The van der Waals surface area contributed by atoms with Crippen LogP contribution in [0.1, 0.15) is 31.1 Å². The minimum atomic E-state index is -1.24. The molecule has 1 N–H and O–H groups in total. The van der Waals surface area contributed by atoms with E-state index in [-0.39, 0.29) is 21.5 Å². The maximum atomic E-state index is 11.6. The molecule has 10 heteroatoms. The normalized spacial score (nSPS) is 10.9. The van der Waals surface area contributed by atoms with Gasteiger partial charge in [-0.1, -0.05) is 22.6 Å². The molecule has 1 rings (SSSR count). The van der Waals surface area contributed by atoms with Gasteiger partial charge in [0.1, 0.15) is 5.69 Å². The summed E-state index contributed by atoms with van der Waals surface area (Å²) in [5.41, 5.74) is -1.07.